The molecule has 0 aliphatic carbocycles. The van der Waals surface area contributed by atoms with E-state index in [1.54, 1.807) is 18.7 Å². The van der Waals surface area contributed by atoms with Crippen molar-refractivity contribution in [1.29, 1.82) is 0 Å². The molecule has 0 radical (unpaired) electrons. The summed E-state index contributed by atoms with van der Waals surface area (Å²) in [5.41, 5.74) is 8.57. The maximum atomic E-state index is 6.00. The molecule has 3 N–H and O–H groups in total. The third-order valence-corrected chi connectivity index (χ3v) is 3.04. The van der Waals surface area contributed by atoms with Gasteiger partial charge in [-0.05, 0) is 6.07 Å². The molecule has 3 aromatic rings. The molecule has 0 aliphatic heterocycles. The highest BCUT2D eigenvalue weighted by Gasteiger charge is 2.05. The van der Waals surface area contributed by atoms with E-state index in [0.717, 1.165) is 29.7 Å². The van der Waals surface area contributed by atoms with E-state index >= 15 is 0 Å². The molecule has 0 spiro atoms. The third-order valence-electron chi connectivity index (χ3n) is 3.04. The van der Waals surface area contributed by atoms with Crippen LogP contribution < -0.4 is 11.1 Å². The van der Waals surface area contributed by atoms with Crippen molar-refractivity contribution in [2.24, 2.45) is 0 Å². The van der Waals surface area contributed by atoms with Crippen LogP contribution in [-0.2, 0) is 6.54 Å². The molecule has 5 heteroatoms. The van der Waals surface area contributed by atoms with Crippen molar-refractivity contribution in [3.05, 3.63) is 49.2 Å². The number of para-hydroxylation sites is 1. The van der Waals surface area contributed by atoms with Crippen molar-refractivity contribution >= 4 is 22.3 Å². The van der Waals surface area contributed by atoms with E-state index in [0.29, 0.717) is 5.69 Å². The first-order valence-corrected chi connectivity index (χ1v) is 6.17. The minimum atomic E-state index is 0.671. The summed E-state index contributed by atoms with van der Waals surface area (Å²) in [6.07, 6.45) is 7.21. The molecule has 0 saturated heterocycles. The Kier molecular flexibility index (Phi) is 3.02. The van der Waals surface area contributed by atoms with Gasteiger partial charge in [0.25, 0.3) is 0 Å². The smallest absolute Gasteiger partial charge is 0.0946 e. The number of fused-ring (bicyclic) bond motifs is 1. The molecule has 19 heavy (non-hydrogen) atoms. The second-order valence-electron chi connectivity index (χ2n) is 4.33. The average Bonchev–Trinajstić information content (AvgIpc) is 2.94. The summed E-state index contributed by atoms with van der Waals surface area (Å²) in [5, 5.41) is 4.43. The van der Waals surface area contributed by atoms with Crippen LogP contribution in [0, 0.1) is 0 Å². The zero-order chi connectivity index (χ0) is 13.1. The first kappa shape index (κ1) is 11.5. The minimum Gasteiger partial charge on any atom is -0.396 e. The van der Waals surface area contributed by atoms with Crippen molar-refractivity contribution < 1.29 is 0 Å². The largest absolute Gasteiger partial charge is 0.396 e. The van der Waals surface area contributed by atoms with Gasteiger partial charge in [-0.25, -0.2) is 4.98 Å². The summed E-state index contributed by atoms with van der Waals surface area (Å²) < 4.78 is 2.02. The highest BCUT2D eigenvalue weighted by molar-refractivity contribution is 5.96. The zero-order valence-corrected chi connectivity index (χ0v) is 10.5. The number of imidazole rings is 1. The fraction of sp³-hybridized carbons (Fsp3) is 0.143. The van der Waals surface area contributed by atoms with Crippen molar-refractivity contribution in [1.82, 2.24) is 14.5 Å². The average molecular weight is 253 g/mol. The number of nitrogens with two attached hydrogens (primary N) is 1. The standard InChI is InChI=1S/C14H15N5/c15-12-9-18-13-4-2-1-3-11(13)14(12)17-6-8-19-7-5-16-10-19/h1-5,7,9-10H,6,8,15H2,(H,17,18). The lowest BCUT2D eigenvalue weighted by Gasteiger charge is -2.12. The lowest BCUT2D eigenvalue weighted by atomic mass is 10.1. The predicted octanol–water partition coefficient (Wildman–Crippen LogP) is 2.13. The summed E-state index contributed by atoms with van der Waals surface area (Å²) in [7, 11) is 0. The van der Waals surface area contributed by atoms with Gasteiger partial charge in [0.05, 0.1) is 29.4 Å². The van der Waals surface area contributed by atoms with Gasteiger partial charge in [-0.2, -0.15) is 0 Å². The maximum absolute atomic E-state index is 6.00. The van der Waals surface area contributed by atoms with Gasteiger partial charge < -0.3 is 15.6 Å². The monoisotopic (exact) mass is 253 g/mol. The Morgan fingerprint density at radius 3 is 3.00 bits per heavy atom. The Balaban J connectivity index is 1.81. The first-order valence-electron chi connectivity index (χ1n) is 6.17. The molecule has 2 aromatic heterocycles. The van der Waals surface area contributed by atoms with Crippen molar-refractivity contribution in [3.63, 3.8) is 0 Å². The molecule has 1 aromatic carbocycles. The second-order valence-corrected chi connectivity index (χ2v) is 4.33. The van der Waals surface area contributed by atoms with Crippen LogP contribution in [0.25, 0.3) is 10.9 Å². The van der Waals surface area contributed by atoms with Gasteiger partial charge in [-0.15, -0.1) is 0 Å². The molecule has 2 heterocycles. The van der Waals surface area contributed by atoms with Gasteiger partial charge >= 0.3 is 0 Å². The number of anilines is 2. The van der Waals surface area contributed by atoms with E-state index in [1.165, 1.54) is 0 Å². The minimum absolute atomic E-state index is 0.671. The molecule has 0 bridgehead atoms. The van der Waals surface area contributed by atoms with Gasteiger partial charge in [-0.1, -0.05) is 18.2 Å². The number of aromatic nitrogens is 3. The Hall–Kier alpha value is -2.56. The molecule has 0 aliphatic rings. The second kappa shape index (κ2) is 4.97. The van der Waals surface area contributed by atoms with E-state index in [4.69, 9.17) is 5.73 Å². The Labute approximate surface area is 111 Å². The highest BCUT2D eigenvalue weighted by Crippen LogP contribution is 2.27. The molecule has 0 unspecified atom stereocenters. The molecular weight excluding hydrogens is 238 g/mol. The van der Waals surface area contributed by atoms with Gasteiger partial charge in [-0.3, -0.25) is 4.98 Å². The van der Waals surface area contributed by atoms with Crippen molar-refractivity contribution in [2.45, 2.75) is 6.54 Å². The van der Waals surface area contributed by atoms with Gasteiger partial charge in [0, 0.05) is 30.9 Å². The fourth-order valence-electron chi connectivity index (χ4n) is 2.08. The van der Waals surface area contributed by atoms with E-state index < -0.39 is 0 Å². The van der Waals surface area contributed by atoms with Crippen molar-refractivity contribution in [3.8, 4) is 0 Å². The number of nitrogens with one attached hydrogen (secondary N) is 1. The number of nitrogen functional groups attached to an aromatic ring is 1. The van der Waals surface area contributed by atoms with Crippen LogP contribution in [0.1, 0.15) is 0 Å². The van der Waals surface area contributed by atoms with Gasteiger partial charge in [0.1, 0.15) is 0 Å². The summed E-state index contributed by atoms with van der Waals surface area (Å²) in [5.74, 6) is 0. The van der Waals surface area contributed by atoms with Crippen LogP contribution in [0.4, 0.5) is 11.4 Å². The van der Waals surface area contributed by atoms with Crippen LogP contribution >= 0.6 is 0 Å². The number of hydrogen-bond acceptors (Lipinski definition) is 4. The SMILES string of the molecule is Nc1cnc2ccccc2c1NCCn1ccnc1. The van der Waals surface area contributed by atoms with Gasteiger partial charge in [0.2, 0.25) is 0 Å². The van der Waals surface area contributed by atoms with Crippen LogP contribution in [0.2, 0.25) is 0 Å². The van der Waals surface area contributed by atoms with Crippen molar-refractivity contribution in [2.75, 3.05) is 17.6 Å². The van der Waals surface area contributed by atoms with E-state index in [1.807, 2.05) is 35.0 Å². The molecule has 5 nitrogen and oxygen atoms in total. The van der Waals surface area contributed by atoms with Crippen LogP contribution in [-0.4, -0.2) is 21.1 Å². The number of pyridine rings is 1. The van der Waals surface area contributed by atoms with E-state index in [9.17, 15) is 0 Å². The van der Waals surface area contributed by atoms with E-state index in [-0.39, 0.29) is 0 Å². The lowest BCUT2D eigenvalue weighted by molar-refractivity contribution is 0.727. The number of nitrogens with zero attached hydrogens (tertiary/aromatic N) is 3. The quantitative estimate of drug-likeness (QED) is 0.747. The molecular formula is C14H15N5. The number of hydrogen-bond donors (Lipinski definition) is 2. The number of rotatable bonds is 4. The molecule has 96 valence electrons. The summed E-state index contributed by atoms with van der Waals surface area (Å²) in [4.78, 5) is 8.33. The molecule has 0 amide bonds. The Morgan fingerprint density at radius 2 is 2.16 bits per heavy atom. The van der Waals surface area contributed by atoms with Crippen LogP contribution in [0.3, 0.4) is 0 Å². The lowest BCUT2D eigenvalue weighted by Crippen LogP contribution is -2.11. The van der Waals surface area contributed by atoms with E-state index in [2.05, 4.69) is 15.3 Å². The molecule has 3 rings (SSSR count). The molecule has 0 atom stereocenters. The normalized spacial score (nSPS) is 10.7. The molecule has 0 saturated carbocycles. The third kappa shape index (κ3) is 2.35. The fourth-order valence-corrected chi connectivity index (χ4v) is 2.08. The summed E-state index contributed by atoms with van der Waals surface area (Å²) in [6, 6.07) is 7.97. The van der Waals surface area contributed by atoms with Crippen LogP contribution in [0.15, 0.2) is 49.2 Å². The van der Waals surface area contributed by atoms with Crippen LogP contribution in [0.5, 0.6) is 0 Å². The maximum Gasteiger partial charge on any atom is 0.0946 e. The summed E-state index contributed by atoms with van der Waals surface area (Å²) in [6.45, 7) is 1.63. The topological polar surface area (TPSA) is 68.8 Å². The Morgan fingerprint density at radius 1 is 1.26 bits per heavy atom. The highest BCUT2D eigenvalue weighted by atomic mass is 15.0. The van der Waals surface area contributed by atoms with Gasteiger partial charge in [0.15, 0.2) is 0 Å². The predicted molar refractivity (Wildman–Crippen MR) is 76.9 cm³/mol. The zero-order valence-electron chi connectivity index (χ0n) is 10.5. The Bertz CT molecular complexity index is 675. The summed E-state index contributed by atoms with van der Waals surface area (Å²) >= 11 is 0. The molecule has 0 fully saturated rings. The number of benzene rings is 1. The first-order chi connectivity index (χ1) is 9.34.